The van der Waals surface area contributed by atoms with E-state index in [0.29, 0.717) is 77.6 Å². The van der Waals surface area contributed by atoms with Gasteiger partial charge in [-0.1, -0.05) is 60.4 Å². The van der Waals surface area contributed by atoms with Crippen molar-refractivity contribution in [1.82, 2.24) is 0 Å². The molecule has 11 nitrogen and oxygen atoms in total. The summed E-state index contributed by atoms with van der Waals surface area (Å²) in [6, 6.07) is 23.4. The van der Waals surface area contributed by atoms with Gasteiger partial charge in [0.05, 0.1) is 49.9 Å². The Hall–Kier alpha value is -6.32. The molecule has 7 rings (SSSR count). The molecule has 1 atom stereocenters. The van der Waals surface area contributed by atoms with Crippen LogP contribution in [-0.2, 0) is 43.2 Å². The van der Waals surface area contributed by atoms with E-state index in [1.807, 2.05) is 92.7 Å². The summed E-state index contributed by atoms with van der Waals surface area (Å²) >= 11 is 0. The van der Waals surface area contributed by atoms with Crippen molar-refractivity contribution in [3.05, 3.63) is 135 Å². The summed E-state index contributed by atoms with van der Waals surface area (Å²) in [6.07, 6.45) is 8.67. The van der Waals surface area contributed by atoms with Gasteiger partial charge in [0.15, 0.2) is 0 Å². The highest BCUT2D eigenvalue weighted by Crippen LogP contribution is 2.46. The van der Waals surface area contributed by atoms with Gasteiger partial charge in [-0.3, -0.25) is 14.6 Å². The van der Waals surface area contributed by atoms with E-state index in [4.69, 9.17) is 18.9 Å². The molecular weight excluding hydrogens is 843 g/mol. The number of aromatic carboxylic acids is 1. The molecule has 2 aliphatic heterocycles. The van der Waals surface area contributed by atoms with Crippen LogP contribution in [0.15, 0.2) is 101 Å². The standard InChI is InChI=1S/C56H63N3O8/c1-5-57-49-35-52-44(32-38(49)3)34-48-53(67-52)36-50(58-6-2)39(4)55(48)46-24-20-40(33-47(46)56(62)63)14-11-12-26-64-28-30-66-31-29-65-27-13-18-45(60)23-25-54(61)59-37-43-17-8-7-15-41(43)21-22-42-16-9-10-19-51(42)59/h7-10,15-17,19-20,24,32-33,35-36,44,58H,5-6,11-14,18,23,25-31,34,37H2,1-4H3,(H,62,63). The molecule has 4 aromatic carbocycles. The molecule has 0 radical (unpaired) electrons. The predicted octanol–water partition coefficient (Wildman–Crippen LogP) is 10.1. The van der Waals surface area contributed by atoms with E-state index in [1.165, 1.54) is 0 Å². The number of hydrogen-bond donors (Lipinski definition) is 2. The number of amides is 1. The zero-order valence-electron chi connectivity index (χ0n) is 39.4. The minimum absolute atomic E-state index is 0.0423. The second-order valence-electron chi connectivity index (χ2n) is 17.1. The van der Waals surface area contributed by atoms with Crippen molar-refractivity contribution in [2.24, 2.45) is 10.9 Å². The van der Waals surface area contributed by atoms with E-state index < -0.39 is 5.97 Å². The maximum Gasteiger partial charge on any atom is 0.336 e. The lowest BCUT2D eigenvalue weighted by Gasteiger charge is -2.32. The lowest BCUT2D eigenvalue weighted by molar-refractivity contribution is -0.124. The van der Waals surface area contributed by atoms with Gasteiger partial charge in [0, 0.05) is 86.0 Å². The van der Waals surface area contributed by atoms with Crippen molar-refractivity contribution < 1.29 is 38.4 Å². The molecule has 1 unspecified atom stereocenters. The fourth-order valence-corrected chi connectivity index (χ4v) is 8.92. The Morgan fingerprint density at radius 2 is 1.55 bits per heavy atom. The first-order valence-corrected chi connectivity index (χ1v) is 23.8. The van der Waals surface area contributed by atoms with Gasteiger partial charge in [-0.05, 0) is 117 Å². The van der Waals surface area contributed by atoms with Crippen molar-refractivity contribution in [1.29, 1.82) is 0 Å². The fourth-order valence-electron chi connectivity index (χ4n) is 8.92. The molecule has 350 valence electrons. The summed E-state index contributed by atoms with van der Waals surface area (Å²) in [4.78, 5) is 45.3. The lowest BCUT2D eigenvalue weighted by Crippen LogP contribution is -2.32. The summed E-state index contributed by atoms with van der Waals surface area (Å²) in [7, 11) is 0. The second kappa shape index (κ2) is 23.9. The molecule has 2 heterocycles. The third kappa shape index (κ3) is 12.6. The van der Waals surface area contributed by atoms with Crippen LogP contribution in [0.1, 0.15) is 103 Å². The SMILES string of the molecule is CCN=C1C=C2Oc3cc(NCC)c(C)c(-c4ccc(CCCCOCCOCCOCCCC(=O)CCC(=O)N5Cc6ccccc6C#Cc6ccccc65)cc4C(=O)O)c3CC2C=C1C. The number of carboxylic acid groups (broad SMARTS) is 1. The number of aryl methyl sites for hydroxylation is 1. The number of rotatable bonds is 23. The van der Waals surface area contributed by atoms with Gasteiger partial charge in [-0.25, -0.2) is 4.79 Å². The van der Waals surface area contributed by atoms with Crippen LogP contribution in [0.5, 0.6) is 5.75 Å². The van der Waals surface area contributed by atoms with E-state index >= 15 is 0 Å². The van der Waals surface area contributed by atoms with E-state index in [-0.39, 0.29) is 36.0 Å². The Bertz CT molecular complexity index is 2600. The molecule has 1 aliphatic carbocycles. The Balaban J connectivity index is 0.782. The summed E-state index contributed by atoms with van der Waals surface area (Å²) in [6.45, 7) is 12.8. The molecule has 4 aromatic rings. The van der Waals surface area contributed by atoms with Gasteiger partial charge in [0.25, 0.3) is 0 Å². The maximum atomic E-state index is 13.4. The molecule has 67 heavy (non-hydrogen) atoms. The van der Waals surface area contributed by atoms with E-state index in [2.05, 4.69) is 42.1 Å². The highest BCUT2D eigenvalue weighted by Gasteiger charge is 2.32. The van der Waals surface area contributed by atoms with Gasteiger partial charge in [0.1, 0.15) is 17.3 Å². The van der Waals surface area contributed by atoms with Crippen LogP contribution in [0.25, 0.3) is 11.1 Å². The number of aliphatic imine (C=N–C) groups is 1. The monoisotopic (exact) mass is 905 g/mol. The van der Waals surface area contributed by atoms with Gasteiger partial charge < -0.3 is 34.3 Å². The third-order valence-electron chi connectivity index (χ3n) is 12.4. The van der Waals surface area contributed by atoms with Crippen LogP contribution in [0.4, 0.5) is 11.4 Å². The van der Waals surface area contributed by atoms with Crippen LogP contribution >= 0.6 is 0 Å². The number of carboxylic acids is 1. The van der Waals surface area contributed by atoms with Crippen LogP contribution in [0, 0.1) is 24.7 Å². The number of nitrogens with one attached hydrogen (secondary N) is 1. The molecule has 0 fully saturated rings. The van der Waals surface area contributed by atoms with Gasteiger partial charge >= 0.3 is 5.97 Å². The maximum absolute atomic E-state index is 13.4. The van der Waals surface area contributed by atoms with Crippen molar-refractivity contribution in [3.63, 3.8) is 0 Å². The Morgan fingerprint density at radius 1 is 0.836 bits per heavy atom. The number of ketones is 1. The largest absolute Gasteiger partial charge is 0.478 e. The summed E-state index contributed by atoms with van der Waals surface area (Å²) < 4.78 is 23.7. The third-order valence-corrected chi connectivity index (χ3v) is 12.4. The first-order valence-electron chi connectivity index (χ1n) is 23.8. The molecule has 11 heteroatoms. The smallest absolute Gasteiger partial charge is 0.336 e. The van der Waals surface area contributed by atoms with Crippen molar-refractivity contribution in [3.8, 4) is 28.7 Å². The van der Waals surface area contributed by atoms with Gasteiger partial charge in [-0.15, -0.1) is 0 Å². The summed E-state index contributed by atoms with van der Waals surface area (Å²) in [5, 5.41) is 14.0. The quantitative estimate of drug-likeness (QED) is 0.0551. The number of para-hydroxylation sites is 1. The number of benzene rings is 4. The van der Waals surface area contributed by atoms with Crippen LogP contribution < -0.4 is 15.0 Å². The molecule has 0 saturated heterocycles. The molecule has 1 amide bonds. The molecule has 2 N–H and O–H groups in total. The number of carbonyl (C=O) groups is 3. The number of carbonyl (C=O) groups excluding carboxylic acids is 2. The van der Waals surface area contributed by atoms with Crippen molar-refractivity contribution in [2.75, 3.05) is 62.9 Å². The Kier molecular flexibility index (Phi) is 17.4. The predicted molar refractivity (Wildman–Crippen MR) is 264 cm³/mol. The van der Waals surface area contributed by atoms with Crippen LogP contribution in [0.3, 0.4) is 0 Å². The van der Waals surface area contributed by atoms with E-state index in [0.717, 1.165) is 98.9 Å². The topological polar surface area (TPSA) is 136 Å². The first kappa shape index (κ1) is 48.6. The molecule has 0 bridgehead atoms. The Morgan fingerprint density at radius 3 is 2.31 bits per heavy atom. The van der Waals surface area contributed by atoms with Crippen LogP contribution in [0.2, 0.25) is 0 Å². The zero-order chi connectivity index (χ0) is 47.1. The number of ether oxygens (including phenoxy) is 4. The molecule has 0 spiro atoms. The van der Waals surface area contributed by atoms with Crippen molar-refractivity contribution >= 4 is 34.7 Å². The highest BCUT2D eigenvalue weighted by molar-refractivity contribution is 6.09. The number of hydrogen-bond acceptors (Lipinski definition) is 9. The van der Waals surface area contributed by atoms with Crippen molar-refractivity contribution in [2.45, 2.75) is 85.6 Å². The zero-order valence-corrected chi connectivity index (χ0v) is 39.4. The molecule has 3 aliphatic rings. The summed E-state index contributed by atoms with van der Waals surface area (Å²) in [5.74, 6) is 7.11. The fraction of sp³-hybridized carbons (Fsp3) is 0.393. The first-order chi connectivity index (χ1) is 32.6. The number of nitrogens with zero attached hydrogens (tertiary/aromatic N) is 2. The Labute approximate surface area is 395 Å². The van der Waals surface area contributed by atoms with E-state index in [1.54, 1.807) is 4.90 Å². The molecule has 0 aromatic heterocycles. The lowest BCUT2D eigenvalue weighted by atomic mass is 9.81. The highest BCUT2D eigenvalue weighted by atomic mass is 16.5. The minimum Gasteiger partial charge on any atom is -0.478 e. The molecular formula is C56H63N3O8. The molecule has 0 saturated carbocycles. The van der Waals surface area contributed by atoms with Gasteiger partial charge in [0.2, 0.25) is 5.91 Å². The average molecular weight is 906 g/mol. The van der Waals surface area contributed by atoms with Crippen LogP contribution in [-0.4, -0.2) is 81.2 Å². The normalized spacial score (nSPS) is 15.3. The number of unbranched alkanes of at least 4 members (excludes halogenated alkanes) is 1. The second-order valence-corrected chi connectivity index (χ2v) is 17.1. The number of anilines is 2. The number of Topliss-reactive ketones (excluding diaryl/α,β-unsaturated/α-hetero) is 1. The minimum atomic E-state index is -0.955. The van der Waals surface area contributed by atoms with Gasteiger partial charge in [-0.2, -0.15) is 0 Å². The number of fused-ring (bicyclic) bond motifs is 4. The summed E-state index contributed by atoms with van der Waals surface area (Å²) in [5.41, 5.74) is 11.3. The average Bonchev–Trinajstić information content (AvgIpc) is 3.32. The number of allylic oxidation sites excluding steroid dienone is 3. The van der Waals surface area contributed by atoms with E-state index in [9.17, 15) is 19.5 Å².